The molecule has 3 aromatic rings. The van der Waals surface area contributed by atoms with Crippen molar-refractivity contribution in [2.45, 2.75) is 13.8 Å². The molecule has 0 amide bonds. The minimum absolute atomic E-state index is 0.431. The van der Waals surface area contributed by atoms with E-state index < -0.39 is 0 Å². The highest BCUT2D eigenvalue weighted by Crippen LogP contribution is 2.22. The lowest BCUT2D eigenvalue weighted by atomic mass is 10.3. The molecule has 0 bridgehead atoms. The molecule has 0 atom stereocenters. The molecule has 0 fully saturated rings. The molecule has 0 unspecified atom stereocenters. The van der Waals surface area contributed by atoms with Crippen LogP contribution in [0.5, 0.6) is 0 Å². The Labute approximate surface area is 109 Å². The first kappa shape index (κ1) is 12.6. The summed E-state index contributed by atoms with van der Waals surface area (Å²) in [5, 5.41) is 2.13. The summed E-state index contributed by atoms with van der Waals surface area (Å²) in [7, 11) is 0. The highest BCUT2D eigenvalue weighted by Gasteiger charge is 2.05. The lowest BCUT2D eigenvalue weighted by molar-refractivity contribution is -0.128. The zero-order valence-electron chi connectivity index (χ0n) is 10.3. The number of hydrogen-bond donors (Lipinski definition) is 0. The van der Waals surface area contributed by atoms with E-state index in [1.807, 2.05) is 12.1 Å². The topological polar surface area (TPSA) is 43.6 Å². The fourth-order valence-corrected chi connectivity index (χ4v) is 2.56. The number of carbonyl (C=O) groups is 1. The Bertz CT molecular complexity index is 657. The summed E-state index contributed by atoms with van der Waals surface area (Å²) < 4.78 is 6.35. The lowest BCUT2D eigenvalue weighted by Crippen LogP contribution is -1.81. The second-order valence-electron chi connectivity index (χ2n) is 3.65. The quantitative estimate of drug-likeness (QED) is 0.667. The summed E-state index contributed by atoms with van der Waals surface area (Å²) in [5.41, 5.74) is 3.54. The Hall–Kier alpha value is -1.88. The number of aryl methyl sites for hydroxylation is 1. The zero-order chi connectivity index (χ0) is 13.0. The number of benzene rings is 1. The fourth-order valence-electron chi connectivity index (χ4n) is 1.68. The van der Waals surface area contributed by atoms with Crippen LogP contribution in [0, 0.1) is 6.92 Å². The minimum Gasteiger partial charge on any atom is -0.468 e. The van der Waals surface area contributed by atoms with Crippen molar-refractivity contribution < 1.29 is 9.53 Å². The molecule has 2 aromatic heterocycles. The van der Waals surface area contributed by atoms with Gasteiger partial charge in [-0.2, -0.15) is 0 Å². The minimum atomic E-state index is 0.431. The highest BCUT2D eigenvalue weighted by molar-refractivity contribution is 7.15. The molecule has 0 N–H and O–H groups in total. The van der Waals surface area contributed by atoms with Gasteiger partial charge in [0.25, 0.3) is 6.47 Å². The van der Waals surface area contributed by atoms with Gasteiger partial charge in [-0.1, -0.05) is 12.1 Å². The van der Waals surface area contributed by atoms with Crippen molar-refractivity contribution in [2.24, 2.45) is 0 Å². The first-order chi connectivity index (χ1) is 8.77. The van der Waals surface area contributed by atoms with Gasteiger partial charge >= 0.3 is 0 Å². The molecule has 0 aliphatic carbocycles. The van der Waals surface area contributed by atoms with E-state index >= 15 is 0 Å². The predicted octanol–water partition coefficient (Wildman–Crippen LogP) is 3.04. The van der Waals surface area contributed by atoms with Gasteiger partial charge in [0, 0.05) is 11.1 Å². The third-order valence-corrected chi connectivity index (χ3v) is 3.40. The Morgan fingerprint density at radius 3 is 2.89 bits per heavy atom. The van der Waals surface area contributed by atoms with E-state index in [0.717, 1.165) is 10.5 Å². The first-order valence-corrected chi connectivity index (χ1v) is 6.52. The maximum atomic E-state index is 9.18. The normalized spacial score (nSPS) is 10.1. The summed E-state index contributed by atoms with van der Waals surface area (Å²) in [6.07, 6.45) is 0. The standard InChI is InChI=1S/C10H8N2S.C3H6O2/c1-7-6-13-10-11-8-4-2-3-5-9(8)12(7)10;1-2-5-3-4/h2-6H,1H3;3H,2H2,1H3. The number of imidazole rings is 1. The Morgan fingerprint density at radius 1 is 1.44 bits per heavy atom. The van der Waals surface area contributed by atoms with Crippen LogP contribution in [-0.4, -0.2) is 22.5 Å². The van der Waals surface area contributed by atoms with E-state index in [0.29, 0.717) is 13.1 Å². The van der Waals surface area contributed by atoms with Crippen LogP contribution in [0.25, 0.3) is 16.0 Å². The summed E-state index contributed by atoms with van der Waals surface area (Å²) in [4.78, 5) is 14.8. The van der Waals surface area contributed by atoms with Crippen molar-refractivity contribution in [1.82, 2.24) is 9.38 Å². The number of para-hydroxylation sites is 2. The summed E-state index contributed by atoms with van der Waals surface area (Å²) >= 11 is 1.69. The van der Waals surface area contributed by atoms with Crippen molar-refractivity contribution in [1.29, 1.82) is 0 Å². The molecule has 1 aromatic carbocycles. The SMILES string of the molecule is CCOC=O.Cc1csc2nc3ccccc3n12. The third kappa shape index (κ3) is 2.36. The number of aromatic nitrogens is 2. The van der Waals surface area contributed by atoms with Gasteiger partial charge in [0.05, 0.1) is 17.6 Å². The van der Waals surface area contributed by atoms with Crippen molar-refractivity contribution in [3.63, 3.8) is 0 Å². The van der Waals surface area contributed by atoms with E-state index in [4.69, 9.17) is 0 Å². The van der Waals surface area contributed by atoms with Crippen LogP contribution < -0.4 is 0 Å². The van der Waals surface area contributed by atoms with Gasteiger partial charge in [0.2, 0.25) is 0 Å². The smallest absolute Gasteiger partial charge is 0.293 e. The predicted molar refractivity (Wildman–Crippen MR) is 73.0 cm³/mol. The molecule has 2 heterocycles. The Balaban J connectivity index is 0.000000209. The number of rotatable bonds is 2. The van der Waals surface area contributed by atoms with Crippen molar-refractivity contribution >= 4 is 33.8 Å². The van der Waals surface area contributed by atoms with Crippen LogP contribution in [0.3, 0.4) is 0 Å². The molecule has 0 aliphatic rings. The van der Waals surface area contributed by atoms with Crippen LogP contribution in [0.1, 0.15) is 12.6 Å². The van der Waals surface area contributed by atoms with Gasteiger partial charge in [-0.3, -0.25) is 9.20 Å². The second-order valence-corrected chi connectivity index (χ2v) is 4.48. The van der Waals surface area contributed by atoms with E-state index in [1.54, 1.807) is 18.3 Å². The molecule has 0 spiro atoms. The summed E-state index contributed by atoms with van der Waals surface area (Å²) in [6, 6.07) is 8.23. The molecule has 5 heteroatoms. The monoisotopic (exact) mass is 262 g/mol. The van der Waals surface area contributed by atoms with E-state index in [-0.39, 0.29) is 0 Å². The molecule has 0 radical (unpaired) electrons. The Kier molecular flexibility index (Phi) is 3.94. The summed E-state index contributed by atoms with van der Waals surface area (Å²) in [6.45, 7) is 4.77. The van der Waals surface area contributed by atoms with Crippen molar-refractivity contribution in [3.05, 3.63) is 35.3 Å². The molecule has 18 heavy (non-hydrogen) atoms. The molecule has 0 saturated carbocycles. The van der Waals surface area contributed by atoms with Gasteiger partial charge in [-0.25, -0.2) is 4.98 Å². The van der Waals surface area contributed by atoms with Gasteiger partial charge in [0.15, 0.2) is 4.96 Å². The largest absolute Gasteiger partial charge is 0.468 e. The number of ether oxygens (including phenoxy) is 1. The summed E-state index contributed by atoms with van der Waals surface area (Å²) in [5.74, 6) is 0. The van der Waals surface area contributed by atoms with Crippen LogP contribution in [0.4, 0.5) is 0 Å². The maximum Gasteiger partial charge on any atom is 0.293 e. The zero-order valence-corrected chi connectivity index (χ0v) is 11.1. The van der Waals surface area contributed by atoms with E-state index in [1.165, 1.54) is 11.2 Å². The maximum absolute atomic E-state index is 9.18. The van der Waals surface area contributed by atoms with Crippen molar-refractivity contribution in [3.8, 4) is 0 Å². The van der Waals surface area contributed by atoms with Gasteiger partial charge < -0.3 is 4.74 Å². The molecule has 4 nitrogen and oxygen atoms in total. The molecular weight excluding hydrogens is 248 g/mol. The van der Waals surface area contributed by atoms with Crippen LogP contribution >= 0.6 is 11.3 Å². The average molecular weight is 262 g/mol. The fraction of sp³-hybridized carbons (Fsp3) is 0.231. The molecule has 94 valence electrons. The van der Waals surface area contributed by atoms with Crippen LogP contribution in [0.15, 0.2) is 29.6 Å². The van der Waals surface area contributed by atoms with Gasteiger partial charge in [-0.05, 0) is 26.0 Å². The van der Waals surface area contributed by atoms with E-state index in [2.05, 4.69) is 38.6 Å². The average Bonchev–Trinajstić information content (AvgIpc) is 2.91. The number of thiazole rings is 1. The number of fused-ring (bicyclic) bond motifs is 3. The van der Waals surface area contributed by atoms with Crippen LogP contribution in [0.2, 0.25) is 0 Å². The van der Waals surface area contributed by atoms with Gasteiger partial charge in [0.1, 0.15) is 0 Å². The van der Waals surface area contributed by atoms with Gasteiger partial charge in [-0.15, -0.1) is 11.3 Å². The molecular formula is C13H14N2O2S. The molecule has 0 aliphatic heterocycles. The number of nitrogens with zero attached hydrogens (tertiary/aromatic N) is 2. The molecule has 0 saturated heterocycles. The van der Waals surface area contributed by atoms with Crippen LogP contribution in [-0.2, 0) is 9.53 Å². The third-order valence-electron chi connectivity index (χ3n) is 2.45. The number of carbonyl (C=O) groups excluding carboxylic acids is 1. The van der Waals surface area contributed by atoms with E-state index in [9.17, 15) is 4.79 Å². The number of hydrogen-bond acceptors (Lipinski definition) is 4. The molecule has 3 rings (SSSR count). The highest BCUT2D eigenvalue weighted by atomic mass is 32.1. The second kappa shape index (κ2) is 5.64. The Morgan fingerprint density at radius 2 is 2.22 bits per heavy atom. The first-order valence-electron chi connectivity index (χ1n) is 5.64. The van der Waals surface area contributed by atoms with Crippen molar-refractivity contribution in [2.75, 3.05) is 6.61 Å². The lowest BCUT2D eigenvalue weighted by Gasteiger charge is -1.91.